The summed E-state index contributed by atoms with van der Waals surface area (Å²) in [5, 5.41) is 3.31. The summed E-state index contributed by atoms with van der Waals surface area (Å²) in [5.74, 6) is -0.232. The maximum absolute atomic E-state index is 13.3. The number of ether oxygens (including phenoxy) is 1. The van der Waals surface area contributed by atoms with Crippen LogP contribution in [-0.2, 0) is 0 Å². The van der Waals surface area contributed by atoms with Gasteiger partial charge in [0.2, 0.25) is 0 Å². The Kier molecular flexibility index (Phi) is 5.08. The van der Waals surface area contributed by atoms with Crippen molar-refractivity contribution in [3.8, 4) is 17.0 Å². The molecule has 1 amide bonds. The molecule has 8 heteroatoms. The second-order valence-corrected chi connectivity index (χ2v) is 7.62. The van der Waals surface area contributed by atoms with Gasteiger partial charge in [-0.1, -0.05) is 23.7 Å². The van der Waals surface area contributed by atoms with Gasteiger partial charge in [-0.25, -0.2) is 9.37 Å². The van der Waals surface area contributed by atoms with Crippen LogP contribution in [0.15, 0.2) is 54.6 Å². The highest BCUT2D eigenvalue weighted by Gasteiger charge is 2.18. The van der Waals surface area contributed by atoms with Gasteiger partial charge in [0.15, 0.2) is 0 Å². The van der Waals surface area contributed by atoms with Crippen molar-refractivity contribution in [2.75, 3.05) is 18.2 Å². The van der Waals surface area contributed by atoms with E-state index in [9.17, 15) is 9.18 Å². The van der Waals surface area contributed by atoms with Crippen molar-refractivity contribution in [2.24, 2.45) is 0 Å². The number of rotatable bonds is 4. The number of amides is 1. The predicted molar refractivity (Wildman–Crippen MR) is 115 cm³/mol. The standard InChI is InChI=1S/C21H15ClFN3O2S/c1-28-13-4-2-3-11(9-13)17-8-6-14-18(24)19(29-21(14)26-17)20(27)25-12-5-7-16(23)15(22)10-12/h2-10H,24H2,1H3,(H,25,27). The lowest BCUT2D eigenvalue weighted by Crippen LogP contribution is -2.12. The quantitative estimate of drug-likeness (QED) is 0.444. The summed E-state index contributed by atoms with van der Waals surface area (Å²) < 4.78 is 18.6. The molecule has 0 atom stereocenters. The van der Waals surface area contributed by atoms with E-state index in [0.29, 0.717) is 26.5 Å². The molecule has 5 nitrogen and oxygen atoms in total. The SMILES string of the molecule is COc1cccc(-c2ccc3c(N)c(C(=O)Nc4ccc(F)c(Cl)c4)sc3n2)c1. The van der Waals surface area contributed by atoms with Gasteiger partial charge in [0.05, 0.1) is 23.5 Å². The third-order valence-electron chi connectivity index (χ3n) is 4.34. The number of aromatic nitrogens is 1. The third-order valence-corrected chi connectivity index (χ3v) is 5.75. The van der Waals surface area contributed by atoms with E-state index in [0.717, 1.165) is 17.0 Å². The van der Waals surface area contributed by atoms with E-state index in [2.05, 4.69) is 10.3 Å². The Balaban J connectivity index is 1.67. The van der Waals surface area contributed by atoms with Gasteiger partial charge in [0, 0.05) is 16.6 Å². The highest BCUT2D eigenvalue weighted by atomic mass is 35.5. The summed E-state index contributed by atoms with van der Waals surface area (Å²) >= 11 is 6.96. The minimum atomic E-state index is -0.555. The Morgan fingerprint density at radius 3 is 2.79 bits per heavy atom. The summed E-state index contributed by atoms with van der Waals surface area (Å²) in [6.07, 6.45) is 0. The van der Waals surface area contributed by atoms with Crippen molar-refractivity contribution in [3.05, 3.63) is 70.3 Å². The van der Waals surface area contributed by atoms with Crippen molar-refractivity contribution in [1.29, 1.82) is 0 Å². The summed E-state index contributed by atoms with van der Waals surface area (Å²) in [6.45, 7) is 0. The maximum atomic E-state index is 13.3. The molecule has 29 heavy (non-hydrogen) atoms. The minimum Gasteiger partial charge on any atom is -0.497 e. The summed E-state index contributed by atoms with van der Waals surface area (Å²) in [5.41, 5.74) is 8.55. The first-order valence-electron chi connectivity index (χ1n) is 8.56. The Morgan fingerprint density at radius 2 is 2.03 bits per heavy atom. The first-order valence-corrected chi connectivity index (χ1v) is 9.75. The van der Waals surface area contributed by atoms with Gasteiger partial charge in [-0.3, -0.25) is 4.79 Å². The topological polar surface area (TPSA) is 77.2 Å². The van der Waals surface area contributed by atoms with Crippen LogP contribution in [0.25, 0.3) is 21.5 Å². The molecule has 0 bridgehead atoms. The number of anilines is 2. The molecule has 0 fully saturated rings. The van der Waals surface area contributed by atoms with Crippen LogP contribution in [0.4, 0.5) is 15.8 Å². The van der Waals surface area contributed by atoms with Crippen LogP contribution < -0.4 is 15.8 Å². The molecule has 0 spiro atoms. The summed E-state index contributed by atoms with van der Waals surface area (Å²) in [7, 11) is 1.61. The van der Waals surface area contributed by atoms with E-state index >= 15 is 0 Å². The first-order chi connectivity index (χ1) is 14.0. The molecule has 3 N–H and O–H groups in total. The molecule has 2 aromatic carbocycles. The third kappa shape index (κ3) is 3.74. The molecular formula is C21H15ClFN3O2S. The number of pyridine rings is 1. The fourth-order valence-electron chi connectivity index (χ4n) is 2.87. The minimum absolute atomic E-state index is 0.0725. The molecule has 0 radical (unpaired) electrons. The van der Waals surface area contributed by atoms with E-state index in [1.807, 2.05) is 36.4 Å². The number of benzene rings is 2. The monoisotopic (exact) mass is 427 g/mol. The fourth-order valence-corrected chi connectivity index (χ4v) is 4.04. The molecule has 146 valence electrons. The van der Waals surface area contributed by atoms with E-state index in [1.165, 1.54) is 29.5 Å². The number of nitrogens with zero attached hydrogens (tertiary/aromatic N) is 1. The largest absolute Gasteiger partial charge is 0.497 e. The number of nitrogens with two attached hydrogens (primary N) is 1. The number of nitrogens with one attached hydrogen (secondary N) is 1. The van der Waals surface area contributed by atoms with E-state index < -0.39 is 11.7 Å². The number of fused-ring (bicyclic) bond motifs is 1. The number of hydrogen-bond acceptors (Lipinski definition) is 5. The number of carbonyl (C=O) groups is 1. The highest BCUT2D eigenvalue weighted by Crippen LogP contribution is 2.35. The van der Waals surface area contributed by atoms with Crippen LogP contribution in [0.1, 0.15) is 9.67 Å². The normalized spacial score (nSPS) is 10.9. The Labute approximate surface area is 174 Å². The fraction of sp³-hybridized carbons (Fsp3) is 0.0476. The molecule has 0 saturated carbocycles. The molecule has 2 heterocycles. The van der Waals surface area contributed by atoms with Crippen LogP contribution in [-0.4, -0.2) is 18.0 Å². The van der Waals surface area contributed by atoms with Crippen molar-refractivity contribution in [1.82, 2.24) is 4.98 Å². The van der Waals surface area contributed by atoms with Crippen molar-refractivity contribution in [2.45, 2.75) is 0 Å². The van der Waals surface area contributed by atoms with Gasteiger partial charge in [0.25, 0.3) is 5.91 Å². The van der Waals surface area contributed by atoms with E-state index in [1.54, 1.807) is 7.11 Å². The zero-order chi connectivity index (χ0) is 20.5. The zero-order valence-electron chi connectivity index (χ0n) is 15.2. The second-order valence-electron chi connectivity index (χ2n) is 6.21. The molecule has 2 aromatic heterocycles. The number of thiophene rings is 1. The molecule has 0 aliphatic carbocycles. The number of methoxy groups -OCH3 is 1. The van der Waals surface area contributed by atoms with E-state index in [-0.39, 0.29) is 5.02 Å². The van der Waals surface area contributed by atoms with Crippen molar-refractivity contribution < 1.29 is 13.9 Å². The Morgan fingerprint density at radius 1 is 1.21 bits per heavy atom. The number of nitrogen functional groups attached to an aromatic ring is 1. The predicted octanol–water partition coefficient (Wildman–Crippen LogP) is 5.60. The van der Waals surface area contributed by atoms with Gasteiger partial charge in [-0.15, -0.1) is 11.3 Å². The average molecular weight is 428 g/mol. The van der Waals surface area contributed by atoms with Crippen LogP contribution in [0.2, 0.25) is 5.02 Å². The molecular weight excluding hydrogens is 413 g/mol. The molecule has 4 aromatic rings. The second kappa shape index (κ2) is 7.69. The van der Waals surface area contributed by atoms with Crippen LogP contribution >= 0.6 is 22.9 Å². The average Bonchev–Trinajstić information content (AvgIpc) is 3.07. The molecule has 0 aliphatic rings. The molecule has 4 rings (SSSR count). The number of halogens is 2. The maximum Gasteiger partial charge on any atom is 0.267 e. The Bertz CT molecular complexity index is 1240. The number of carbonyl (C=O) groups excluding carboxylic acids is 1. The Hall–Kier alpha value is -3.16. The van der Waals surface area contributed by atoms with Gasteiger partial charge >= 0.3 is 0 Å². The van der Waals surface area contributed by atoms with Crippen molar-refractivity contribution >= 4 is 50.4 Å². The van der Waals surface area contributed by atoms with E-state index in [4.69, 9.17) is 22.1 Å². The number of hydrogen-bond donors (Lipinski definition) is 2. The van der Waals surface area contributed by atoms with Crippen molar-refractivity contribution in [3.63, 3.8) is 0 Å². The molecule has 0 saturated heterocycles. The molecule has 0 aliphatic heterocycles. The van der Waals surface area contributed by atoms with Crippen LogP contribution in [0.3, 0.4) is 0 Å². The lowest BCUT2D eigenvalue weighted by molar-refractivity contribution is 0.103. The van der Waals surface area contributed by atoms with Gasteiger partial charge in [-0.05, 0) is 42.5 Å². The zero-order valence-corrected chi connectivity index (χ0v) is 16.8. The van der Waals surface area contributed by atoms with Crippen LogP contribution in [0, 0.1) is 5.82 Å². The smallest absolute Gasteiger partial charge is 0.267 e. The first kappa shape index (κ1) is 19.2. The lowest BCUT2D eigenvalue weighted by atomic mass is 10.1. The molecule has 0 unspecified atom stereocenters. The summed E-state index contributed by atoms with van der Waals surface area (Å²) in [4.78, 5) is 18.3. The van der Waals surface area contributed by atoms with Gasteiger partial charge in [-0.2, -0.15) is 0 Å². The lowest BCUT2D eigenvalue weighted by Gasteiger charge is -2.05. The summed E-state index contributed by atoms with van der Waals surface area (Å²) in [6, 6.07) is 15.2. The van der Waals surface area contributed by atoms with Crippen LogP contribution in [0.5, 0.6) is 5.75 Å². The highest BCUT2D eigenvalue weighted by molar-refractivity contribution is 7.21. The van der Waals surface area contributed by atoms with Gasteiger partial charge in [0.1, 0.15) is 21.3 Å². The van der Waals surface area contributed by atoms with Gasteiger partial charge < -0.3 is 15.8 Å².